The normalized spacial score (nSPS) is 24.5. The van der Waals surface area contributed by atoms with E-state index in [9.17, 15) is 13.2 Å². The molecule has 210 valence electrons. The number of carbonyl (C=O) groups is 1. The number of morpholine rings is 1. The summed E-state index contributed by atoms with van der Waals surface area (Å²) in [6.45, 7) is 17.1. The first-order valence-electron chi connectivity index (χ1n) is 13.3. The second-order valence-electron chi connectivity index (χ2n) is 12.8. The van der Waals surface area contributed by atoms with Crippen LogP contribution in [-0.4, -0.2) is 70.8 Å². The average Bonchev–Trinajstić information content (AvgIpc) is 3.20. The van der Waals surface area contributed by atoms with Crippen molar-refractivity contribution in [2.45, 2.75) is 80.6 Å². The molecule has 38 heavy (non-hydrogen) atoms. The van der Waals surface area contributed by atoms with Gasteiger partial charge in [0.25, 0.3) is 10.0 Å². The fourth-order valence-corrected chi connectivity index (χ4v) is 9.54. The lowest BCUT2D eigenvalue weighted by atomic mass is 9.92. The van der Waals surface area contributed by atoms with Crippen LogP contribution >= 0.6 is 11.3 Å². The number of esters is 1. The van der Waals surface area contributed by atoms with Gasteiger partial charge >= 0.3 is 5.97 Å². The molecule has 2 heterocycles. The van der Waals surface area contributed by atoms with Gasteiger partial charge in [0.1, 0.15) is 15.3 Å². The quantitative estimate of drug-likeness (QED) is 0.295. The summed E-state index contributed by atoms with van der Waals surface area (Å²) in [5, 5.41) is 0.907. The molecule has 1 saturated carbocycles. The Bertz CT molecular complexity index is 1250. The topological polar surface area (TPSA) is 76.2 Å². The molecular weight excluding hydrogens is 537 g/mol. The molecule has 1 aromatic heterocycles. The second kappa shape index (κ2) is 10.4. The van der Waals surface area contributed by atoms with Gasteiger partial charge in [-0.15, -0.1) is 11.3 Å². The predicted octanol–water partition coefficient (Wildman–Crippen LogP) is 5.36. The van der Waals surface area contributed by atoms with Crippen molar-refractivity contribution in [1.29, 1.82) is 0 Å². The average molecular weight is 579 g/mol. The Hall–Kier alpha value is -1.72. The lowest BCUT2D eigenvalue weighted by Gasteiger charge is -2.36. The van der Waals surface area contributed by atoms with Gasteiger partial charge in [0.05, 0.1) is 18.2 Å². The van der Waals surface area contributed by atoms with Gasteiger partial charge in [-0.1, -0.05) is 56.9 Å². The zero-order valence-electron chi connectivity index (χ0n) is 23.7. The van der Waals surface area contributed by atoms with E-state index in [0.29, 0.717) is 19.6 Å². The third kappa shape index (κ3) is 5.75. The highest BCUT2D eigenvalue weighted by molar-refractivity contribution is 7.91. The van der Waals surface area contributed by atoms with Gasteiger partial charge in [0.15, 0.2) is 0 Å². The number of nitrogens with zero attached hydrogens (tertiary/aromatic N) is 2. The maximum absolute atomic E-state index is 14.5. The first kappa shape index (κ1) is 29.3. The summed E-state index contributed by atoms with van der Waals surface area (Å²) in [5.41, 5.74) is -1.82. The monoisotopic (exact) mass is 578 g/mol. The molecule has 1 aromatic carbocycles. The molecule has 1 unspecified atom stereocenters. The Labute approximate surface area is 233 Å². The van der Waals surface area contributed by atoms with Gasteiger partial charge < -0.3 is 14.4 Å². The number of benzene rings is 1. The van der Waals surface area contributed by atoms with Crippen LogP contribution in [0.25, 0.3) is 0 Å². The van der Waals surface area contributed by atoms with Crippen molar-refractivity contribution in [2.75, 3.05) is 37.7 Å². The number of ether oxygens (including phenoxy) is 2. The first-order valence-corrected chi connectivity index (χ1v) is 19.3. The molecule has 10 heteroatoms. The highest BCUT2D eigenvalue weighted by Crippen LogP contribution is 2.63. The maximum Gasteiger partial charge on any atom is 0.329 e. The largest absolute Gasteiger partial charge is 0.459 e. The second-order valence-corrected chi connectivity index (χ2v) is 21.6. The molecule has 0 bridgehead atoms. The van der Waals surface area contributed by atoms with Gasteiger partial charge in [-0.25, -0.2) is 13.2 Å². The number of hydrogen-bond donors (Lipinski definition) is 0. The highest BCUT2D eigenvalue weighted by atomic mass is 32.2. The molecule has 0 N–H and O–H groups in total. The zero-order valence-corrected chi connectivity index (χ0v) is 26.4. The number of thiophene rings is 1. The zero-order chi connectivity index (χ0) is 28.0. The molecule has 0 amide bonds. The van der Waals surface area contributed by atoms with Crippen molar-refractivity contribution in [3.05, 3.63) is 48.0 Å². The van der Waals surface area contributed by atoms with E-state index in [1.165, 1.54) is 15.6 Å². The molecule has 2 fully saturated rings. The lowest BCUT2D eigenvalue weighted by Crippen LogP contribution is -2.54. The molecule has 2 aliphatic rings. The Morgan fingerprint density at radius 1 is 1.11 bits per heavy atom. The van der Waals surface area contributed by atoms with Gasteiger partial charge in [0.2, 0.25) is 0 Å². The number of anilines is 1. The van der Waals surface area contributed by atoms with Crippen molar-refractivity contribution < 1.29 is 22.7 Å². The van der Waals surface area contributed by atoms with Crippen molar-refractivity contribution in [1.82, 2.24) is 4.31 Å². The fraction of sp³-hybridized carbons (Fsp3) is 0.607. The van der Waals surface area contributed by atoms with Crippen molar-refractivity contribution in [3.63, 3.8) is 0 Å². The number of rotatable bonds is 9. The van der Waals surface area contributed by atoms with Crippen LogP contribution in [0.4, 0.5) is 5.00 Å². The number of sulfonamides is 1. The minimum atomic E-state index is -4.00. The minimum Gasteiger partial charge on any atom is -0.459 e. The molecule has 0 radical (unpaired) electrons. The molecule has 2 atom stereocenters. The Morgan fingerprint density at radius 3 is 2.32 bits per heavy atom. The van der Waals surface area contributed by atoms with Crippen LogP contribution in [0.15, 0.2) is 46.7 Å². The molecule has 2 aromatic rings. The van der Waals surface area contributed by atoms with Crippen molar-refractivity contribution in [2.24, 2.45) is 0 Å². The standard InChI is InChI=1S/C28H42N2O5S2Si/c1-26(2,3)35-25(31)28(21-27(28,4)22-11-9-8-10-12-22)30(17-20-38(5,6)7)37(32,33)24-14-13-23(36-24)29-15-18-34-19-16-29/h8-14H,15-21H2,1-7H3/t27-,28?/m0/s1. The first-order chi connectivity index (χ1) is 17.6. The molecular formula is C28H42N2O5S2Si. The molecule has 0 spiro atoms. The van der Waals surface area contributed by atoms with E-state index in [2.05, 4.69) is 24.5 Å². The van der Waals surface area contributed by atoms with E-state index in [4.69, 9.17) is 9.47 Å². The Balaban J connectivity index is 1.81. The summed E-state index contributed by atoms with van der Waals surface area (Å²) in [6, 6.07) is 14.1. The summed E-state index contributed by atoms with van der Waals surface area (Å²) < 4.78 is 42.3. The van der Waals surface area contributed by atoms with Crippen LogP contribution in [0.5, 0.6) is 0 Å². The third-order valence-corrected chi connectivity index (χ3v) is 12.7. The van der Waals surface area contributed by atoms with E-state index in [1.54, 1.807) is 6.07 Å². The summed E-state index contributed by atoms with van der Waals surface area (Å²) in [7, 11) is -5.66. The molecule has 4 rings (SSSR count). The van der Waals surface area contributed by atoms with E-state index in [0.717, 1.165) is 29.7 Å². The van der Waals surface area contributed by atoms with Crippen LogP contribution in [0.2, 0.25) is 25.7 Å². The summed E-state index contributed by atoms with van der Waals surface area (Å²) in [5.74, 6) is -0.472. The predicted molar refractivity (Wildman–Crippen MR) is 156 cm³/mol. The lowest BCUT2D eigenvalue weighted by molar-refractivity contribution is -0.162. The third-order valence-electron chi connectivity index (χ3n) is 7.47. The molecule has 1 saturated heterocycles. The van der Waals surface area contributed by atoms with Crippen LogP contribution < -0.4 is 4.90 Å². The van der Waals surface area contributed by atoms with Crippen LogP contribution in [-0.2, 0) is 29.7 Å². The SMILES string of the molecule is CC(C)(C)OC(=O)C1(N(CC[Si](C)(C)C)S(=O)(=O)c2ccc(N3CCOCC3)s2)C[C@@]1(C)c1ccccc1. The van der Waals surface area contributed by atoms with Crippen LogP contribution in [0.3, 0.4) is 0 Å². The molecule has 7 nitrogen and oxygen atoms in total. The fourth-order valence-electron chi connectivity index (χ4n) is 5.20. The molecule has 1 aliphatic carbocycles. The number of hydrogen-bond acceptors (Lipinski definition) is 7. The van der Waals surface area contributed by atoms with Crippen molar-refractivity contribution in [3.8, 4) is 0 Å². The number of carbonyl (C=O) groups excluding carboxylic acids is 1. The molecule has 1 aliphatic heterocycles. The van der Waals surface area contributed by atoms with Crippen LogP contribution in [0, 0.1) is 0 Å². The summed E-state index contributed by atoms with van der Waals surface area (Å²) in [6.07, 6.45) is 0.381. The van der Waals surface area contributed by atoms with Gasteiger partial charge in [-0.3, -0.25) is 0 Å². The van der Waals surface area contributed by atoms with E-state index in [-0.39, 0.29) is 10.8 Å². The summed E-state index contributed by atoms with van der Waals surface area (Å²) >= 11 is 1.27. The van der Waals surface area contributed by atoms with Crippen molar-refractivity contribution >= 4 is 40.4 Å². The Morgan fingerprint density at radius 2 is 1.74 bits per heavy atom. The minimum absolute atomic E-state index is 0.264. The van der Waals surface area contributed by atoms with Gasteiger partial charge in [-0.2, -0.15) is 4.31 Å². The maximum atomic E-state index is 14.5. The van der Waals surface area contributed by atoms with Gasteiger partial charge in [-0.05, 0) is 50.9 Å². The summed E-state index contributed by atoms with van der Waals surface area (Å²) in [4.78, 5) is 16.3. The Kier molecular flexibility index (Phi) is 7.97. The van der Waals surface area contributed by atoms with E-state index >= 15 is 0 Å². The highest BCUT2D eigenvalue weighted by Gasteiger charge is 2.76. The van der Waals surface area contributed by atoms with Gasteiger partial charge in [0, 0.05) is 33.1 Å². The van der Waals surface area contributed by atoms with E-state index in [1.807, 2.05) is 64.1 Å². The van der Waals surface area contributed by atoms with E-state index < -0.39 is 40.6 Å². The van der Waals surface area contributed by atoms with Crippen LogP contribution in [0.1, 0.15) is 39.7 Å². The smallest absolute Gasteiger partial charge is 0.329 e.